The number of hydrogen-bond donors (Lipinski definition) is 1. The summed E-state index contributed by atoms with van der Waals surface area (Å²) >= 11 is 0. The van der Waals surface area contributed by atoms with Crippen molar-refractivity contribution in [1.82, 2.24) is 14.9 Å². The van der Waals surface area contributed by atoms with Gasteiger partial charge in [0, 0.05) is 27.3 Å². The van der Waals surface area contributed by atoms with Crippen LogP contribution in [0.4, 0.5) is 4.39 Å². The standard InChI is InChI=1S/C14H20FN3O2/c1-19-7-5-18(6-8-20-2)10-14-16-12-4-3-11(15)9-13(12)17-14/h3-4,9H,5-8,10H2,1-2H3,(H,16,17). The highest BCUT2D eigenvalue weighted by Gasteiger charge is 2.09. The molecule has 20 heavy (non-hydrogen) atoms. The first-order valence-corrected chi connectivity index (χ1v) is 6.57. The maximum Gasteiger partial charge on any atom is 0.125 e. The van der Waals surface area contributed by atoms with Crippen LogP contribution in [0.15, 0.2) is 18.2 Å². The molecule has 5 nitrogen and oxygen atoms in total. The third kappa shape index (κ3) is 4.00. The van der Waals surface area contributed by atoms with E-state index in [4.69, 9.17) is 9.47 Å². The summed E-state index contributed by atoms with van der Waals surface area (Å²) in [6.45, 7) is 3.55. The summed E-state index contributed by atoms with van der Waals surface area (Å²) in [7, 11) is 3.36. The second kappa shape index (κ2) is 7.33. The summed E-state index contributed by atoms with van der Waals surface area (Å²) in [6.07, 6.45) is 0. The Hall–Kier alpha value is -1.50. The van der Waals surface area contributed by atoms with Crippen molar-refractivity contribution in [2.45, 2.75) is 6.54 Å². The monoisotopic (exact) mass is 281 g/mol. The Balaban J connectivity index is 2.06. The van der Waals surface area contributed by atoms with E-state index < -0.39 is 0 Å². The Morgan fingerprint density at radius 2 is 1.90 bits per heavy atom. The van der Waals surface area contributed by atoms with E-state index in [1.165, 1.54) is 12.1 Å². The number of methoxy groups -OCH3 is 2. The van der Waals surface area contributed by atoms with Crippen LogP contribution in [0.2, 0.25) is 0 Å². The molecule has 110 valence electrons. The molecule has 0 saturated heterocycles. The molecule has 0 aliphatic rings. The molecule has 2 aromatic rings. The summed E-state index contributed by atoms with van der Waals surface area (Å²) in [5.74, 6) is 0.557. The highest BCUT2D eigenvalue weighted by molar-refractivity contribution is 5.74. The lowest BCUT2D eigenvalue weighted by Crippen LogP contribution is -2.30. The summed E-state index contributed by atoms with van der Waals surface area (Å²) in [6, 6.07) is 4.56. The minimum atomic E-state index is -0.261. The van der Waals surface area contributed by atoms with E-state index in [-0.39, 0.29) is 5.82 Å². The van der Waals surface area contributed by atoms with Gasteiger partial charge in [0.25, 0.3) is 0 Å². The fraction of sp³-hybridized carbons (Fsp3) is 0.500. The molecule has 0 amide bonds. The number of nitrogens with zero attached hydrogens (tertiary/aromatic N) is 2. The van der Waals surface area contributed by atoms with Crippen molar-refractivity contribution in [2.24, 2.45) is 0 Å². The van der Waals surface area contributed by atoms with Gasteiger partial charge in [-0.15, -0.1) is 0 Å². The zero-order valence-corrected chi connectivity index (χ0v) is 11.9. The van der Waals surface area contributed by atoms with Gasteiger partial charge in [-0.2, -0.15) is 0 Å². The van der Waals surface area contributed by atoms with Crippen molar-refractivity contribution in [3.8, 4) is 0 Å². The molecule has 0 aliphatic heterocycles. The average Bonchev–Trinajstić information content (AvgIpc) is 2.83. The molecular weight excluding hydrogens is 261 g/mol. The maximum atomic E-state index is 13.2. The maximum absolute atomic E-state index is 13.2. The van der Waals surface area contributed by atoms with Crippen molar-refractivity contribution >= 4 is 11.0 Å². The lowest BCUT2D eigenvalue weighted by Gasteiger charge is -2.20. The van der Waals surface area contributed by atoms with Crippen molar-refractivity contribution < 1.29 is 13.9 Å². The van der Waals surface area contributed by atoms with Crippen LogP contribution in [-0.4, -0.2) is 55.4 Å². The zero-order valence-electron chi connectivity index (χ0n) is 11.9. The SMILES string of the molecule is COCCN(CCOC)Cc1nc2ccc(F)cc2[nH]1. The molecule has 0 aliphatic carbocycles. The number of benzene rings is 1. The van der Waals surface area contributed by atoms with E-state index in [1.54, 1.807) is 20.3 Å². The molecule has 0 saturated carbocycles. The second-order valence-corrected chi connectivity index (χ2v) is 4.61. The van der Waals surface area contributed by atoms with Gasteiger partial charge < -0.3 is 14.5 Å². The van der Waals surface area contributed by atoms with Gasteiger partial charge >= 0.3 is 0 Å². The third-order valence-corrected chi connectivity index (χ3v) is 3.09. The predicted molar refractivity (Wildman–Crippen MR) is 75.1 cm³/mol. The lowest BCUT2D eigenvalue weighted by molar-refractivity contribution is 0.109. The Morgan fingerprint density at radius 3 is 2.55 bits per heavy atom. The van der Waals surface area contributed by atoms with Gasteiger partial charge in [-0.25, -0.2) is 9.37 Å². The Kier molecular flexibility index (Phi) is 5.46. The average molecular weight is 281 g/mol. The molecule has 1 aromatic heterocycles. The van der Waals surface area contributed by atoms with E-state index in [1.807, 2.05) is 0 Å². The largest absolute Gasteiger partial charge is 0.383 e. The Labute approximate surface area is 117 Å². The molecule has 1 heterocycles. The van der Waals surface area contributed by atoms with Crippen LogP contribution in [0.25, 0.3) is 11.0 Å². The molecule has 0 fully saturated rings. The van der Waals surface area contributed by atoms with Gasteiger partial charge in [0.2, 0.25) is 0 Å². The number of aromatic nitrogens is 2. The minimum Gasteiger partial charge on any atom is -0.383 e. The lowest BCUT2D eigenvalue weighted by atomic mass is 10.3. The van der Waals surface area contributed by atoms with Crippen molar-refractivity contribution in [3.63, 3.8) is 0 Å². The highest BCUT2D eigenvalue weighted by atomic mass is 19.1. The first-order chi connectivity index (χ1) is 9.72. The van der Waals surface area contributed by atoms with Gasteiger partial charge in [-0.1, -0.05) is 0 Å². The fourth-order valence-electron chi connectivity index (χ4n) is 2.03. The van der Waals surface area contributed by atoms with E-state index in [9.17, 15) is 4.39 Å². The van der Waals surface area contributed by atoms with Crippen LogP contribution >= 0.6 is 0 Å². The number of H-pyrrole nitrogens is 1. The van der Waals surface area contributed by atoms with Crippen molar-refractivity contribution in [3.05, 3.63) is 29.8 Å². The summed E-state index contributed by atoms with van der Waals surface area (Å²) < 4.78 is 23.4. The molecule has 1 N–H and O–H groups in total. The zero-order chi connectivity index (χ0) is 14.4. The molecule has 0 unspecified atom stereocenters. The van der Waals surface area contributed by atoms with Crippen LogP contribution in [0, 0.1) is 5.82 Å². The van der Waals surface area contributed by atoms with E-state index >= 15 is 0 Å². The third-order valence-electron chi connectivity index (χ3n) is 3.09. The number of ether oxygens (including phenoxy) is 2. The van der Waals surface area contributed by atoms with Crippen LogP contribution in [0.1, 0.15) is 5.82 Å². The van der Waals surface area contributed by atoms with Gasteiger partial charge in [-0.05, 0) is 18.2 Å². The Bertz CT molecular complexity index is 536. The van der Waals surface area contributed by atoms with Crippen molar-refractivity contribution in [1.29, 1.82) is 0 Å². The second-order valence-electron chi connectivity index (χ2n) is 4.61. The molecule has 6 heteroatoms. The van der Waals surface area contributed by atoms with E-state index in [2.05, 4.69) is 14.9 Å². The van der Waals surface area contributed by atoms with Gasteiger partial charge in [0.05, 0.1) is 30.8 Å². The first-order valence-electron chi connectivity index (χ1n) is 6.57. The molecule has 0 spiro atoms. The van der Waals surface area contributed by atoms with Crippen LogP contribution in [0.3, 0.4) is 0 Å². The van der Waals surface area contributed by atoms with E-state index in [0.29, 0.717) is 19.8 Å². The minimum absolute atomic E-state index is 0.261. The number of nitrogens with one attached hydrogen (secondary N) is 1. The molecule has 2 rings (SSSR count). The molecular formula is C14H20FN3O2. The smallest absolute Gasteiger partial charge is 0.125 e. The number of hydrogen-bond acceptors (Lipinski definition) is 4. The molecule has 0 radical (unpaired) electrons. The topological polar surface area (TPSA) is 50.4 Å². The number of imidazole rings is 1. The molecule has 0 bridgehead atoms. The number of aromatic amines is 1. The van der Waals surface area contributed by atoms with Gasteiger partial charge in [0.1, 0.15) is 11.6 Å². The summed E-state index contributed by atoms with van der Waals surface area (Å²) in [4.78, 5) is 9.79. The first kappa shape index (κ1) is 14.9. The highest BCUT2D eigenvalue weighted by Crippen LogP contribution is 2.13. The van der Waals surface area contributed by atoms with Crippen LogP contribution in [-0.2, 0) is 16.0 Å². The van der Waals surface area contributed by atoms with Crippen molar-refractivity contribution in [2.75, 3.05) is 40.5 Å². The molecule has 0 atom stereocenters. The van der Waals surface area contributed by atoms with Crippen LogP contribution < -0.4 is 0 Å². The predicted octanol–water partition coefficient (Wildman–Crippen LogP) is 1.80. The number of rotatable bonds is 8. The van der Waals surface area contributed by atoms with Gasteiger partial charge in [0.15, 0.2) is 0 Å². The number of halogens is 1. The van der Waals surface area contributed by atoms with Gasteiger partial charge in [-0.3, -0.25) is 4.90 Å². The van der Waals surface area contributed by atoms with E-state index in [0.717, 1.165) is 29.9 Å². The Morgan fingerprint density at radius 1 is 1.20 bits per heavy atom. The number of fused-ring (bicyclic) bond motifs is 1. The fourth-order valence-corrected chi connectivity index (χ4v) is 2.03. The quantitative estimate of drug-likeness (QED) is 0.801. The summed E-state index contributed by atoms with van der Waals surface area (Å²) in [5.41, 5.74) is 1.50. The summed E-state index contributed by atoms with van der Waals surface area (Å²) in [5, 5.41) is 0. The normalized spacial score (nSPS) is 11.6. The molecule has 1 aromatic carbocycles. The van der Waals surface area contributed by atoms with Crippen LogP contribution in [0.5, 0.6) is 0 Å².